The fourth-order valence-electron chi connectivity index (χ4n) is 5.57. The van der Waals surface area contributed by atoms with E-state index in [1.807, 2.05) is 83.4 Å². The van der Waals surface area contributed by atoms with Crippen LogP contribution >= 0.6 is 11.3 Å². The molecule has 190 valence electrons. The Bertz CT molecular complexity index is 1890. The van der Waals surface area contributed by atoms with Gasteiger partial charge in [0.1, 0.15) is 12.4 Å². The molecule has 0 unspecified atom stereocenters. The quantitative estimate of drug-likeness (QED) is 0.286. The number of fused-ring (bicyclic) bond motifs is 3. The second-order valence-electron chi connectivity index (χ2n) is 9.84. The van der Waals surface area contributed by atoms with Crippen molar-refractivity contribution in [3.63, 3.8) is 0 Å². The number of rotatable bonds is 5. The van der Waals surface area contributed by atoms with Gasteiger partial charge in [-0.15, -0.1) is 0 Å². The van der Waals surface area contributed by atoms with Crippen LogP contribution in [0.4, 0.5) is 0 Å². The van der Waals surface area contributed by atoms with Crippen molar-refractivity contribution in [1.82, 2.24) is 4.57 Å². The van der Waals surface area contributed by atoms with Crippen LogP contribution in [0.5, 0.6) is 5.75 Å². The number of thiazole rings is 1. The van der Waals surface area contributed by atoms with Gasteiger partial charge in [0.15, 0.2) is 4.80 Å². The third kappa shape index (κ3) is 4.35. The van der Waals surface area contributed by atoms with E-state index in [-0.39, 0.29) is 11.6 Å². The summed E-state index contributed by atoms with van der Waals surface area (Å²) in [6, 6.07) is 36.7. The van der Waals surface area contributed by atoms with E-state index >= 15 is 0 Å². The van der Waals surface area contributed by atoms with Crippen LogP contribution in [0.15, 0.2) is 125 Å². The van der Waals surface area contributed by atoms with E-state index in [9.17, 15) is 4.79 Å². The summed E-state index contributed by atoms with van der Waals surface area (Å²) >= 11 is 1.45. The largest absolute Gasteiger partial charge is 0.488 e. The molecule has 0 saturated carbocycles. The number of aryl methyl sites for hydroxylation is 1. The van der Waals surface area contributed by atoms with Gasteiger partial charge in [-0.1, -0.05) is 114 Å². The van der Waals surface area contributed by atoms with Crippen LogP contribution in [0.1, 0.15) is 40.3 Å². The van der Waals surface area contributed by atoms with Crippen molar-refractivity contribution >= 4 is 23.1 Å². The predicted octanol–water partition coefficient (Wildman–Crippen LogP) is 5.90. The molecule has 1 aliphatic heterocycles. The van der Waals surface area contributed by atoms with Gasteiger partial charge in [-0.2, -0.15) is 0 Å². The molecular weight excluding hydrogens is 500 g/mol. The van der Waals surface area contributed by atoms with E-state index in [4.69, 9.17) is 9.73 Å². The first-order chi connectivity index (χ1) is 19.3. The first-order valence-electron chi connectivity index (χ1n) is 13.2. The number of nitrogens with zero attached hydrogens (tertiary/aromatic N) is 2. The van der Waals surface area contributed by atoms with Crippen LogP contribution < -0.4 is 19.6 Å². The maximum absolute atomic E-state index is 14.0. The molecular formula is C34H26N2O2S. The Labute approximate surface area is 230 Å². The van der Waals surface area contributed by atoms with Crippen molar-refractivity contribution in [3.8, 4) is 5.75 Å². The molecule has 7 rings (SSSR count). The van der Waals surface area contributed by atoms with Gasteiger partial charge in [-0.25, -0.2) is 4.99 Å². The Kier molecular flexibility index (Phi) is 6.06. The normalized spacial score (nSPS) is 16.2. The standard InChI is InChI=1S/C34H26N2O2S/c37-33-30(21-26-16-8-10-18-29(26)38-22-23-11-3-1-4-12-23)39-34-35-31-27-17-9-7-13-24(27)19-20-28(31)32(36(33)34)25-14-5-2-6-15-25/h1-18,21,32H,19-20,22H2/b30-21-/t32-/m0/s1. The maximum Gasteiger partial charge on any atom is 0.271 e. The van der Waals surface area contributed by atoms with Gasteiger partial charge in [-0.3, -0.25) is 9.36 Å². The van der Waals surface area contributed by atoms with Crippen molar-refractivity contribution in [2.24, 2.45) is 4.99 Å². The molecule has 0 fully saturated rings. The number of ether oxygens (including phenoxy) is 1. The molecule has 4 aromatic carbocycles. The second-order valence-corrected chi connectivity index (χ2v) is 10.8. The van der Waals surface area contributed by atoms with Crippen LogP contribution in [0.2, 0.25) is 0 Å². The number of allylic oxidation sites excluding steroid dienone is 1. The third-order valence-corrected chi connectivity index (χ3v) is 8.41. The topological polar surface area (TPSA) is 43.6 Å². The fourth-order valence-corrected chi connectivity index (χ4v) is 6.56. The van der Waals surface area contributed by atoms with Gasteiger partial charge < -0.3 is 4.74 Å². The number of benzene rings is 4. The van der Waals surface area contributed by atoms with E-state index in [2.05, 4.69) is 36.4 Å². The first-order valence-corrected chi connectivity index (χ1v) is 14.0. The summed E-state index contributed by atoms with van der Waals surface area (Å²) in [7, 11) is 0. The average molecular weight is 527 g/mol. The molecule has 0 radical (unpaired) electrons. The molecule has 2 heterocycles. The summed E-state index contributed by atoms with van der Waals surface area (Å²) < 4.78 is 8.72. The minimum atomic E-state index is -0.169. The second kappa shape index (κ2) is 10.0. The third-order valence-electron chi connectivity index (χ3n) is 7.43. The summed E-state index contributed by atoms with van der Waals surface area (Å²) in [5.74, 6) is 0.750. The monoisotopic (exact) mass is 526 g/mol. The van der Waals surface area contributed by atoms with Crippen LogP contribution in [0, 0.1) is 0 Å². The highest BCUT2D eigenvalue weighted by molar-refractivity contribution is 7.07. The van der Waals surface area contributed by atoms with Crippen molar-refractivity contribution in [2.45, 2.75) is 25.5 Å². The molecule has 0 spiro atoms. The molecule has 5 heteroatoms. The van der Waals surface area contributed by atoms with Gasteiger partial charge >= 0.3 is 0 Å². The van der Waals surface area contributed by atoms with E-state index < -0.39 is 0 Å². The van der Waals surface area contributed by atoms with Crippen molar-refractivity contribution in [1.29, 1.82) is 0 Å². The zero-order chi connectivity index (χ0) is 26.2. The van der Waals surface area contributed by atoms with Crippen LogP contribution in [0.3, 0.4) is 0 Å². The molecule has 1 aliphatic carbocycles. The van der Waals surface area contributed by atoms with E-state index in [0.29, 0.717) is 11.1 Å². The molecule has 4 nitrogen and oxygen atoms in total. The van der Waals surface area contributed by atoms with Gasteiger partial charge in [0.2, 0.25) is 0 Å². The lowest BCUT2D eigenvalue weighted by molar-refractivity contribution is 0.305. The number of aromatic nitrogens is 1. The summed E-state index contributed by atoms with van der Waals surface area (Å²) in [4.78, 5) is 19.9. The van der Waals surface area contributed by atoms with E-state index in [1.54, 1.807) is 0 Å². The molecule has 0 saturated heterocycles. The average Bonchev–Trinajstić information content (AvgIpc) is 3.30. The number of para-hydroxylation sites is 1. The highest BCUT2D eigenvalue weighted by atomic mass is 32.1. The molecule has 0 bridgehead atoms. The zero-order valence-electron chi connectivity index (χ0n) is 21.3. The molecule has 5 aromatic rings. The SMILES string of the molecule is O=c1/c(=C/c2ccccc2OCc2ccccc2)sc2n1[C@@H](c1ccccc1)C1=C(N=2)c2ccccc2CC1. The van der Waals surface area contributed by atoms with Gasteiger partial charge in [0.05, 0.1) is 16.3 Å². The minimum absolute atomic E-state index is 0.0177. The Hall–Kier alpha value is -4.48. The van der Waals surface area contributed by atoms with Crippen molar-refractivity contribution < 1.29 is 4.74 Å². The Morgan fingerprint density at radius 1 is 0.846 bits per heavy atom. The summed E-state index contributed by atoms with van der Waals surface area (Å²) in [6.07, 6.45) is 3.78. The summed E-state index contributed by atoms with van der Waals surface area (Å²) in [6.45, 7) is 0.465. The predicted molar refractivity (Wildman–Crippen MR) is 156 cm³/mol. The van der Waals surface area contributed by atoms with Gasteiger partial charge in [-0.05, 0) is 47.2 Å². The Balaban J connectivity index is 1.37. The summed E-state index contributed by atoms with van der Waals surface area (Å²) in [5, 5.41) is 0. The van der Waals surface area contributed by atoms with Crippen molar-refractivity contribution in [3.05, 3.63) is 162 Å². The zero-order valence-corrected chi connectivity index (χ0v) is 22.1. The van der Waals surface area contributed by atoms with Crippen LogP contribution in [0.25, 0.3) is 11.8 Å². The highest BCUT2D eigenvalue weighted by Gasteiger charge is 2.32. The van der Waals surface area contributed by atoms with Crippen LogP contribution in [-0.2, 0) is 13.0 Å². The number of hydrogen-bond donors (Lipinski definition) is 0. The molecule has 0 N–H and O–H groups in total. The highest BCUT2D eigenvalue weighted by Crippen LogP contribution is 2.41. The molecule has 39 heavy (non-hydrogen) atoms. The molecule has 1 aromatic heterocycles. The van der Waals surface area contributed by atoms with Gasteiger partial charge in [0.25, 0.3) is 5.56 Å². The molecule has 1 atom stereocenters. The summed E-state index contributed by atoms with van der Waals surface area (Å²) in [5.41, 5.74) is 7.79. The molecule has 2 aliphatic rings. The lowest BCUT2D eigenvalue weighted by Gasteiger charge is -2.30. The van der Waals surface area contributed by atoms with Crippen LogP contribution in [-0.4, -0.2) is 4.57 Å². The molecule has 0 amide bonds. The fraction of sp³-hybridized carbons (Fsp3) is 0.118. The smallest absolute Gasteiger partial charge is 0.271 e. The first kappa shape index (κ1) is 23.6. The van der Waals surface area contributed by atoms with E-state index in [0.717, 1.165) is 45.8 Å². The lowest BCUT2D eigenvalue weighted by atomic mass is 9.83. The minimum Gasteiger partial charge on any atom is -0.488 e. The number of hydrogen-bond acceptors (Lipinski definition) is 4. The Morgan fingerprint density at radius 2 is 1.56 bits per heavy atom. The lowest BCUT2D eigenvalue weighted by Crippen LogP contribution is -2.38. The van der Waals surface area contributed by atoms with E-state index in [1.165, 1.54) is 28.0 Å². The van der Waals surface area contributed by atoms with Crippen molar-refractivity contribution in [2.75, 3.05) is 0 Å². The maximum atomic E-state index is 14.0. The van der Waals surface area contributed by atoms with Gasteiger partial charge in [0, 0.05) is 11.1 Å². The Morgan fingerprint density at radius 3 is 2.41 bits per heavy atom.